The first-order valence-electron chi connectivity index (χ1n) is 9.97. The van der Waals surface area contributed by atoms with E-state index in [1.54, 1.807) is 0 Å². The standard InChI is InChI=1S/C13H38O6Si6/c1-2-3-4-5-6-7-8-9-10-11-12-13-25-18-23-16-21-14-20-15-22-17-24-19-25/h25H,2-13,20-24H2,1H3. The van der Waals surface area contributed by atoms with Gasteiger partial charge in [-0.05, 0) is 6.04 Å². The van der Waals surface area contributed by atoms with E-state index in [0.717, 1.165) is 6.04 Å². The Kier molecular flexibility index (Phi) is 19.1. The monoisotopic (exact) mass is 458 g/mol. The predicted octanol–water partition coefficient (Wildman–Crippen LogP) is -0.375. The lowest BCUT2D eigenvalue weighted by molar-refractivity contribution is 0.333. The van der Waals surface area contributed by atoms with E-state index in [9.17, 15) is 0 Å². The highest BCUT2D eigenvalue weighted by atomic mass is 28.4. The minimum absolute atomic E-state index is 0.839. The van der Waals surface area contributed by atoms with Crippen LogP contribution in [0.4, 0.5) is 0 Å². The van der Waals surface area contributed by atoms with Crippen molar-refractivity contribution in [3.05, 3.63) is 0 Å². The minimum Gasteiger partial charge on any atom is -0.425 e. The zero-order chi connectivity index (χ0) is 17.8. The SMILES string of the molecule is CCCCCCCCCCCCC[SiH]1O[SiH2]O[SiH2]O[SiH2]O[SiH2]O[SiH2]O1. The lowest BCUT2D eigenvalue weighted by Gasteiger charge is -2.18. The van der Waals surface area contributed by atoms with Crippen molar-refractivity contribution >= 4 is 59.3 Å². The van der Waals surface area contributed by atoms with Crippen LogP contribution in [0.25, 0.3) is 0 Å². The van der Waals surface area contributed by atoms with E-state index in [0.29, 0.717) is 0 Å². The highest BCUT2D eigenvalue weighted by Gasteiger charge is 2.14. The summed E-state index contributed by atoms with van der Waals surface area (Å²) in [7, 11) is -5.91. The molecule has 12 heteroatoms. The molecule has 0 radical (unpaired) electrons. The van der Waals surface area contributed by atoms with Crippen LogP contribution < -0.4 is 0 Å². The molecule has 150 valence electrons. The molecule has 1 fully saturated rings. The molecule has 0 aliphatic carbocycles. The average molecular weight is 459 g/mol. The van der Waals surface area contributed by atoms with Crippen LogP contribution in [0.3, 0.4) is 0 Å². The van der Waals surface area contributed by atoms with Gasteiger partial charge in [0.15, 0.2) is 0 Å². The maximum atomic E-state index is 5.94. The van der Waals surface area contributed by atoms with E-state index in [1.807, 2.05) is 0 Å². The molecule has 1 saturated heterocycles. The van der Waals surface area contributed by atoms with Crippen molar-refractivity contribution < 1.29 is 24.7 Å². The molecule has 0 unspecified atom stereocenters. The maximum Gasteiger partial charge on any atom is 0.303 e. The predicted molar refractivity (Wildman–Crippen MR) is 118 cm³/mol. The van der Waals surface area contributed by atoms with E-state index in [-0.39, 0.29) is 0 Å². The summed E-state index contributed by atoms with van der Waals surface area (Å²) in [5, 5.41) is 0. The third kappa shape index (κ3) is 16.9. The Bertz CT molecular complexity index is 269. The lowest BCUT2D eigenvalue weighted by Crippen LogP contribution is -2.31. The Hall–Kier alpha value is 1.06. The molecule has 6 nitrogen and oxygen atoms in total. The first-order chi connectivity index (χ1) is 12.4. The summed E-state index contributed by atoms with van der Waals surface area (Å²) >= 11 is 0. The van der Waals surface area contributed by atoms with Crippen LogP contribution in [0.1, 0.15) is 77.6 Å². The van der Waals surface area contributed by atoms with Crippen molar-refractivity contribution in [2.24, 2.45) is 0 Å². The van der Waals surface area contributed by atoms with Gasteiger partial charge < -0.3 is 24.7 Å². The van der Waals surface area contributed by atoms with Gasteiger partial charge in [0.05, 0.1) is 0 Å². The molecule has 0 atom stereocenters. The van der Waals surface area contributed by atoms with Crippen LogP contribution >= 0.6 is 0 Å². The second-order valence-electron chi connectivity index (χ2n) is 6.49. The van der Waals surface area contributed by atoms with Crippen molar-refractivity contribution in [1.82, 2.24) is 0 Å². The third-order valence-corrected chi connectivity index (χ3v) is 14.5. The van der Waals surface area contributed by atoms with E-state index >= 15 is 0 Å². The number of rotatable bonds is 12. The highest BCUT2D eigenvalue weighted by molar-refractivity contribution is 6.59. The maximum absolute atomic E-state index is 5.94. The highest BCUT2D eigenvalue weighted by Crippen LogP contribution is 2.13. The van der Waals surface area contributed by atoms with Gasteiger partial charge >= 0.3 is 9.28 Å². The smallest absolute Gasteiger partial charge is 0.303 e. The second-order valence-corrected chi connectivity index (χ2v) is 18.3. The lowest BCUT2D eigenvalue weighted by atomic mass is 10.1. The largest absolute Gasteiger partial charge is 0.425 e. The topological polar surface area (TPSA) is 55.4 Å². The summed E-state index contributed by atoms with van der Waals surface area (Å²) < 4.78 is 33.9. The van der Waals surface area contributed by atoms with Crippen molar-refractivity contribution in [1.29, 1.82) is 0 Å². The van der Waals surface area contributed by atoms with Gasteiger partial charge in [0.25, 0.3) is 50.0 Å². The second kappa shape index (κ2) is 19.8. The molecule has 1 heterocycles. The summed E-state index contributed by atoms with van der Waals surface area (Å²) in [4.78, 5) is 0. The average Bonchev–Trinajstić information content (AvgIpc) is 2.61. The van der Waals surface area contributed by atoms with Crippen LogP contribution in [0.5, 0.6) is 0 Å². The molecule has 0 aromatic heterocycles. The van der Waals surface area contributed by atoms with Gasteiger partial charge in [-0.15, -0.1) is 0 Å². The normalized spacial score (nSPS) is 25.6. The molecule has 1 rings (SSSR count). The van der Waals surface area contributed by atoms with Crippen LogP contribution in [-0.2, 0) is 24.7 Å². The zero-order valence-electron chi connectivity index (χ0n) is 16.0. The Balaban J connectivity index is 1.93. The molecule has 0 bridgehead atoms. The third-order valence-electron chi connectivity index (χ3n) is 4.22. The van der Waals surface area contributed by atoms with Gasteiger partial charge in [-0.2, -0.15) is 0 Å². The van der Waals surface area contributed by atoms with Crippen LogP contribution in [-0.4, -0.2) is 59.3 Å². The molecule has 0 aromatic carbocycles. The van der Waals surface area contributed by atoms with E-state index in [4.69, 9.17) is 24.7 Å². The Labute approximate surface area is 167 Å². The van der Waals surface area contributed by atoms with Gasteiger partial charge in [0, 0.05) is 0 Å². The molecule has 0 N–H and O–H groups in total. The summed E-state index contributed by atoms with van der Waals surface area (Å²) in [5.41, 5.74) is 0. The van der Waals surface area contributed by atoms with Gasteiger partial charge in [-0.3, -0.25) is 0 Å². The fraction of sp³-hybridized carbons (Fsp3) is 1.00. The van der Waals surface area contributed by atoms with E-state index in [1.165, 1.54) is 70.6 Å². The van der Waals surface area contributed by atoms with Crippen molar-refractivity contribution in [2.45, 2.75) is 83.6 Å². The fourth-order valence-corrected chi connectivity index (χ4v) is 15.4. The molecule has 0 spiro atoms. The first kappa shape index (κ1) is 24.1. The Morgan fingerprint density at radius 2 is 0.920 bits per heavy atom. The summed E-state index contributed by atoms with van der Waals surface area (Å²) in [5.74, 6) is 0. The molecule has 25 heavy (non-hydrogen) atoms. The van der Waals surface area contributed by atoms with E-state index in [2.05, 4.69) is 6.92 Å². The van der Waals surface area contributed by atoms with Crippen LogP contribution in [0.2, 0.25) is 6.04 Å². The van der Waals surface area contributed by atoms with Crippen molar-refractivity contribution in [2.75, 3.05) is 0 Å². The molecule has 1 aliphatic rings. The Morgan fingerprint density at radius 3 is 1.40 bits per heavy atom. The number of hydrogen-bond donors (Lipinski definition) is 0. The molecular weight excluding hydrogens is 421 g/mol. The molecule has 0 aromatic rings. The fourth-order valence-electron chi connectivity index (χ4n) is 2.75. The van der Waals surface area contributed by atoms with E-state index < -0.39 is 59.3 Å². The van der Waals surface area contributed by atoms with Crippen molar-refractivity contribution in [3.8, 4) is 0 Å². The van der Waals surface area contributed by atoms with Gasteiger partial charge in [-0.25, -0.2) is 0 Å². The summed E-state index contributed by atoms with van der Waals surface area (Å²) in [6, 6.07) is 1.10. The molecule has 0 amide bonds. The molecule has 0 saturated carbocycles. The molecule has 1 aliphatic heterocycles. The van der Waals surface area contributed by atoms with Gasteiger partial charge in [0.2, 0.25) is 0 Å². The zero-order valence-corrected chi connectivity index (χ0v) is 24.3. The van der Waals surface area contributed by atoms with Crippen molar-refractivity contribution in [3.63, 3.8) is 0 Å². The molecular formula is C13H38O6Si6. The summed E-state index contributed by atoms with van der Waals surface area (Å²) in [6.45, 7) is 2.28. The van der Waals surface area contributed by atoms with Crippen LogP contribution in [0, 0.1) is 0 Å². The number of unbranched alkanes of at least 4 members (excludes halogenated alkanes) is 10. The van der Waals surface area contributed by atoms with Gasteiger partial charge in [0.1, 0.15) is 0 Å². The minimum atomic E-state index is -1.55. The number of hydrogen-bond acceptors (Lipinski definition) is 6. The van der Waals surface area contributed by atoms with Gasteiger partial charge in [-0.1, -0.05) is 77.6 Å². The summed E-state index contributed by atoms with van der Waals surface area (Å²) in [6.07, 6.45) is 15.1. The van der Waals surface area contributed by atoms with Crippen LogP contribution in [0.15, 0.2) is 0 Å². The quantitative estimate of drug-likeness (QED) is 0.294. The Morgan fingerprint density at radius 1 is 0.520 bits per heavy atom. The first-order valence-corrected chi connectivity index (χ1v) is 17.5.